The first kappa shape index (κ1) is 16.7. The van der Waals surface area contributed by atoms with Gasteiger partial charge in [0, 0.05) is 12.3 Å². The molecule has 18 heavy (non-hydrogen) atoms. The molecule has 0 aliphatic carbocycles. The molecule has 0 aromatic carbocycles. The Kier molecular flexibility index (Phi) is 7.46. The van der Waals surface area contributed by atoms with E-state index in [4.69, 9.17) is 12.9 Å². The Morgan fingerprint density at radius 1 is 1.06 bits per heavy atom. The van der Waals surface area contributed by atoms with E-state index >= 15 is 0 Å². The van der Waals surface area contributed by atoms with Crippen molar-refractivity contribution in [2.24, 2.45) is 0 Å². The molecule has 0 bridgehead atoms. The van der Waals surface area contributed by atoms with Crippen molar-refractivity contribution in [2.75, 3.05) is 18.5 Å². The van der Waals surface area contributed by atoms with Crippen molar-refractivity contribution >= 4 is 30.2 Å². The highest BCUT2D eigenvalue weighted by molar-refractivity contribution is 7.91. The molecule has 0 saturated carbocycles. The summed E-state index contributed by atoms with van der Waals surface area (Å²) in [7, 11) is -4.95. The van der Waals surface area contributed by atoms with Crippen LogP contribution in [-0.4, -0.2) is 29.3 Å². The zero-order chi connectivity index (χ0) is 13.6. The Balaban J connectivity index is 2.82. The maximum absolute atomic E-state index is 11.5. The molecule has 0 spiro atoms. The molecule has 8 heteroatoms. The quantitative estimate of drug-likeness (QED) is 0.635. The highest BCUT2D eigenvalue weighted by Gasteiger charge is 2.60. The van der Waals surface area contributed by atoms with Crippen LogP contribution < -0.4 is 0 Å². The summed E-state index contributed by atoms with van der Waals surface area (Å²) in [6, 6.07) is 0. The highest BCUT2D eigenvalue weighted by Crippen LogP contribution is 2.82. The zero-order valence-electron chi connectivity index (χ0n) is 11.2. The standard InChI is InChI=1S/C10H21O5P3/c1-4-7-16-13-17(8-5-2)15-18(14-16,9-6-3)10(11)12/h4-9H2,1-3H3/p+1. The lowest BCUT2D eigenvalue weighted by atomic mass is 10.6. The second-order valence-corrected chi connectivity index (χ2v) is 10.4. The van der Waals surface area contributed by atoms with Crippen LogP contribution in [0.2, 0.25) is 0 Å². The van der Waals surface area contributed by atoms with Gasteiger partial charge in [0.15, 0.2) is 0 Å². The van der Waals surface area contributed by atoms with Gasteiger partial charge in [0.2, 0.25) is 16.8 Å². The fourth-order valence-corrected chi connectivity index (χ4v) is 9.87. The summed E-state index contributed by atoms with van der Waals surface area (Å²) in [4.78, 5) is 11.5. The molecule has 1 saturated heterocycles. The van der Waals surface area contributed by atoms with Gasteiger partial charge in [-0.15, -0.1) is 8.62 Å². The van der Waals surface area contributed by atoms with Crippen LogP contribution in [0.3, 0.4) is 0 Å². The summed E-state index contributed by atoms with van der Waals surface area (Å²) in [6.07, 6.45) is 4.70. The molecule has 2 unspecified atom stereocenters. The molecule has 2 atom stereocenters. The van der Waals surface area contributed by atoms with Crippen molar-refractivity contribution in [3.8, 4) is 0 Å². The van der Waals surface area contributed by atoms with E-state index in [2.05, 4.69) is 0 Å². The van der Waals surface area contributed by atoms with Crippen LogP contribution in [0, 0.1) is 0 Å². The van der Waals surface area contributed by atoms with Gasteiger partial charge < -0.3 is 5.11 Å². The third-order valence-electron chi connectivity index (χ3n) is 2.25. The Hall–Kier alpha value is 0.640. The number of hydrogen-bond donors (Lipinski definition) is 1. The average Bonchev–Trinajstić information content (AvgIpc) is 2.29. The molecule has 1 heterocycles. The van der Waals surface area contributed by atoms with Gasteiger partial charge >= 0.3 is 13.4 Å². The van der Waals surface area contributed by atoms with E-state index in [0.29, 0.717) is 6.16 Å². The van der Waals surface area contributed by atoms with Gasteiger partial charge in [-0.3, -0.25) is 4.31 Å². The second kappa shape index (κ2) is 8.04. The average molecular weight is 315 g/mol. The summed E-state index contributed by atoms with van der Waals surface area (Å²) < 4.78 is 17.3. The van der Waals surface area contributed by atoms with Gasteiger partial charge in [0.1, 0.15) is 6.16 Å². The van der Waals surface area contributed by atoms with Gasteiger partial charge in [-0.05, 0) is 19.3 Å². The van der Waals surface area contributed by atoms with Crippen molar-refractivity contribution in [1.29, 1.82) is 0 Å². The summed E-state index contributed by atoms with van der Waals surface area (Å²) >= 11 is 0. The fraction of sp³-hybridized carbons (Fsp3) is 0.900. The lowest BCUT2D eigenvalue weighted by Crippen LogP contribution is -2.16. The first-order valence-electron chi connectivity index (χ1n) is 6.32. The second-order valence-electron chi connectivity index (χ2n) is 4.04. The lowest BCUT2D eigenvalue weighted by molar-refractivity contribution is 0.212. The van der Waals surface area contributed by atoms with E-state index in [9.17, 15) is 9.90 Å². The van der Waals surface area contributed by atoms with Crippen LogP contribution in [0.15, 0.2) is 0 Å². The van der Waals surface area contributed by atoms with Gasteiger partial charge in [0.05, 0.1) is 0 Å². The molecule has 1 fully saturated rings. The minimum atomic E-state index is -2.78. The summed E-state index contributed by atoms with van der Waals surface area (Å²) in [5, 5.41) is 9.46. The molecule has 1 N–H and O–H groups in total. The van der Waals surface area contributed by atoms with Gasteiger partial charge in [-0.1, -0.05) is 20.8 Å². The first-order valence-corrected chi connectivity index (χ1v) is 10.9. The molecule has 0 amide bonds. The lowest BCUT2D eigenvalue weighted by Gasteiger charge is -2.31. The Bertz CT molecular complexity index is 262. The molecule has 106 valence electrons. The fourth-order valence-electron chi connectivity index (χ4n) is 1.51. The predicted molar refractivity (Wildman–Crippen MR) is 77.5 cm³/mol. The van der Waals surface area contributed by atoms with E-state index in [-0.39, 0.29) is 0 Å². The monoisotopic (exact) mass is 315 g/mol. The van der Waals surface area contributed by atoms with Crippen LogP contribution in [-0.2, 0) is 12.9 Å². The van der Waals surface area contributed by atoms with E-state index in [0.717, 1.165) is 31.6 Å². The van der Waals surface area contributed by atoms with Crippen LogP contribution in [0.1, 0.15) is 40.0 Å². The van der Waals surface area contributed by atoms with E-state index in [1.54, 1.807) is 0 Å². The SMILES string of the molecule is CCCP1OP(CCC)O[P+](CCC)(C(=O)O)O1. The molecule has 1 aliphatic rings. The van der Waals surface area contributed by atoms with Crippen molar-refractivity contribution in [3.05, 3.63) is 0 Å². The van der Waals surface area contributed by atoms with E-state index in [1.807, 2.05) is 20.8 Å². The maximum Gasteiger partial charge on any atom is 0.510 e. The normalized spacial score (nSPS) is 32.4. The number of carbonyl (C=O) groups is 1. The zero-order valence-corrected chi connectivity index (χ0v) is 13.8. The molecule has 5 nitrogen and oxygen atoms in total. The molecule has 1 rings (SSSR count). The summed E-state index contributed by atoms with van der Waals surface area (Å²) in [5.74, 6) is 0. The van der Waals surface area contributed by atoms with Gasteiger partial charge in [-0.25, -0.2) is 4.79 Å². The predicted octanol–water partition coefficient (Wildman–Crippen LogP) is 5.43. The van der Waals surface area contributed by atoms with Crippen molar-refractivity contribution < 1.29 is 22.8 Å². The Morgan fingerprint density at radius 3 is 1.89 bits per heavy atom. The molecular weight excluding hydrogens is 293 g/mol. The van der Waals surface area contributed by atoms with Crippen molar-refractivity contribution in [1.82, 2.24) is 0 Å². The largest absolute Gasteiger partial charge is 0.510 e. The van der Waals surface area contributed by atoms with Crippen LogP contribution in [0.5, 0.6) is 0 Å². The number of carboxylic acid groups (broad SMARTS) is 1. The molecule has 1 aliphatic heterocycles. The number of rotatable bonds is 7. The van der Waals surface area contributed by atoms with Crippen molar-refractivity contribution in [3.63, 3.8) is 0 Å². The third-order valence-corrected chi connectivity index (χ3v) is 10.5. The van der Waals surface area contributed by atoms with Crippen molar-refractivity contribution in [2.45, 2.75) is 40.0 Å². The van der Waals surface area contributed by atoms with Crippen LogP contribution in [0.25, 0.3) is 0 Å². The molecule has 0 radical (unpaired) electrons. The van der Waals surface area contributed by atoms with Crippen LogP contribution >= 0.6 is 24.5 Å². The number of hydrogen-bond acceptors (Lipinski definition) is 4. The Labute approximate surface area is 112 Å². The molecule has 0 aromatic rings. The van der Waals surface area contributed by atoms with Gasteiger partial charge in [0.25, 0.3) is 0 Å². The Morgan fingerprint density at radius 2 is 1.56 bits per heavy atom. The minimum absolute atomic E-state index is 0.483. The topological polar surface area (TPSA) is 65.0 Å². The van der Waals surface area contributed by atoms with E-state index in [1.165, 1.54) is 0 Å². The minimum Gasteiger partial charge on any atom is -0.447 e. The molecular formula is C10H22O5P3+. The summed E-state index contributed by atoms with van der Waals surface area (Å²) in [6.45, 7) is 6.05. The maximum atomic E-state index is 11.5. The van der Waals surface area contributed by atoms with Crippen LogP contribution in [0.4, 0.5) is 4.79 Å². The first-order chi connectivity index (χ1) is 8.57. The third kappa shape index (κ3) is 4.34. The molecule has 0 aromatic heterocycles. The highest BCUT2D eigenvalue weighted by atomic mass is 31.3. The van der Waals surface area contributed by atoms with E-state index < -0.39 is 30.2 Å². The van der Waals surface area contributed by atoms with Gasteiger partial charge in [-0.2, -0.15) is 0 Å². The smallest absolute Gasteiger partial charge is 0.447 e. The summed E-state index contributed by atoms with van der Waals surface area (Å²) in [5.41, 5.74) is -0.917.